The van der Waals surface area contributed by atoms with Gasteiger partial charge in [-0.2, -0.15) is 0 Å². The SMILES string of the molecule is CC(CCS(C)=O)NC(=O)c1cc(Cl)ccc1F. The van der Waals surface area contributed by atoms with Crippen molar-refractivity contribution in [3.05, 3.63) is 34.6 Å². The summed E-state index contributed by atoms with van der Waals surface area (Å²) in [6.07, 6.45) is 2.18. The molecular weight excluding hydrogens is 277 g/mol. The van der Waals surface area contributed by atoms with E-state index in [1.165, 1.54) is 12.1 Å². The fourth-order valence-corrected chi connectivity index (χ4v) is 2.25. The Morgan fingerprint density at radius 3 is 2.83 bits per heavy atom. The van der Waals surface area contributed by atoms with Gasteiger partial charge in [-0.1, -0.05) is 11.6 Å². The van der Waals surface area contributed by atoms with E-state index in [9.17, 15) is 13.4 Å². The molecule has 2 unspecified atom stereocenters. The van der Waals surface area contributed by atoms with Crippen LogP contribution in [-0.2, 0) is 10.8 Å². The van der Waals surface area contributed by atoms with Gasteiger partial charge in [-0.15, -0.1) is 0 Å². The summed E-state index contributed by atoms with van der Waals surface area (Å²) in [5.41, 5.74) is -0.0769. The minimum absolute atomic E-state index is 0.0769. The highest BCUT2D eigenvalue weighted by Crippen LogP contribution is 2.15. The number of amides is 1. The van der Waals surface area contributed by atoms with Crippen LogP contribution in [0.5, 0.6) is 0 Å². The maximum absolute atomic E-state index is 13.4. The lowest BCUT2D eigenvalue weighted by Crippen LogP contribution is -2.34. The highest BCUT2D eigenvalue weighted by Gasteiger charge is 2.14. The fraction of sp³-hybridized carbons (Fsp3) is 0.417. The van der Waals surface area contributed by atoms with Gasteiger partial charge in [-0.3, -0.25) is 9.00 Å². The number of carbonyl (C=O) groups excluding carboxylic acids is 1. The molecule has 2 atom stereocenters. The molecule has 0 aliphatic heterocycles. The molecule has 0 fully saturated rings. The molecule has 1 rings (SSSR count). The molecule has 100 valence electrons. The Morgan fingerprint density at radius 2 is 2.22 bits per heavy atom. The second-order valence-electron chi connectivity index (χ2n) is 4.06. The molecule has 1 aromatic rings. The Hall–Kier alpha value is -0.940. The van der Waals surface area contributed by atoms with Crippen molar-refractivity contribution in [1.82, 2.24) is 5.32 Å². The molecule has 1 amide bonds. The van der Waals surface area contributed by atoms with E-state index in [-0.39, 0.29) is 11.6 Å². The number of rotatable bonds is 5. The summed E-state index contributed by atoms with van der Waals surface area (Å²) in [5.74, 6) is -0.619. The Labute approximate surface area is 113 Å². The minimum atomic E-state index is -0.900. The predicted molar refractivity (Wildman–Crippen MR) is 71.9 cm³/mol. The van der Waals surface area contributed by atoms with Crippen LogP contribution in [0, 0.1) is 5.82 Å². The fourth-order valence-electron chi connectivity index (χ4n) is 1.39. The van der Waals surface area contributed by atoms with E-state index in [4.69, 9.17) is 11.6 Å². The number of benzene rings is 1. The van der Waals surface area contributed by atoms with Crippen molar-refractivity contribution >= 4 is 28.3 Å². The molecule has 0 aliphatic rings. The lowest BCUT2D eigenvalue weighted by atomic mass is 10.1. The van der Waals surface area contributed by atoms with Crippen LogP contribution in [0.3, 0.4) is 0 Å². The monoisotopic (exact) mass is 291 g/mol. The highest BCUT2D eigenvalue weighted by molar-refractivity contribution is 7.84. The molecule has 0 aliphatic carbocycles. The molecule has 0 aromatic heterocycles. The molecule has 3 nitrogen and oxygen atoms in total. The summed E-state index contributed by atoms with van der Waals surface area (Å²) < 4.78 is 24.3. The summed E-state index contributed by atoms with van der Waals surface area (Å²) in [6.45, 7) is 1.78. The zero-order valence-corrected chi connectivity index (χ0v) is 11.8. The first-order chi connectivity index (χ1) is 8.40. The number of hydrogen-bond donors (Lipinski definition) is 1. The van der Waals surface area contributed by atoms with Gasteiger partial charge in [-0.05, 0) is 31.5 Å². The van der Waals surface area contributed by atoms with Gasteiger partial charge in [0.05, 0.1) is 5.56 Å². The summed E-state index contributed by atoms with van der Waals surface area (Å²) in [7, 11) is -0.900. The molecule has 1 aromatic carbocycles. The third-order valence-corrected chi connectivity index (χ3v) is 3.43. The molecule has 0 bridgehead atoms. The van der Waals surface area contributed by atoms with Gasteiger partial charge in [0.2, 0.25) is 0 Å². The molecule has 0 saturated heterocycles. The second kappa shape index (κ2) is 6.85. The summed E-state index contributed by atoms with van der Waals surface area (Å²) >= 11 is 5.71. The number of hydrogen-bond acceptors (Lipinski definition) is 2. The number of halogens is 2. The molecule has 0 spiro atoms. The third-order valence-electron chi connectivity index (χ3n) is 2.39. The van der Waals surface area contributed by atoms with E-state index in [0.717, 1.165) is 6.07 Å². The third kappa shape index (κ3) is 4.74. The van der Waals surface area contributed by atoms with Crippen LogP contribution in [0.1, 0.15) is 23.7 Å². The smallest absolute Gasteiger partial charge is 0.254 e. The van der Waals surface area contributed by atoms with Gasteiger partial charge < -0.3 is 5.32 Å². The lowest BCUT2D eigenvalue weighted by molar-refractivity contribution is 0.0935. The van der Waals surface area contributed by atoms with Crippen molar-refractivity contribution < 1.29 is 13.4 Å². The maximum atomic E-state index is 13.4. The van der Waals surface area contributed by atoms with Crippen molar-refractivity contribution in [3.63, 3.8) is 0 Å². The molecule has 0 heterocycles. The molecular formula is C12H15ClFNO2S. The Balaban J connectivity index is 2.64. The van der Waals surface area contributed by atoms with Crippen molar-refractivity contribution in [1.29, 1.82) is 0 Å². The second-order valence-corrected chi connectivity index (χ2v) is 6.06. The van der Waals surface area contributed by atoms with E-state index >= 15 is 0 Å². The maximum Gasteiger partial charge on any atom is 0.254 e. The van der Waals surface area contributed by atoms with Crippen LogP contribution in [0.2, 0.25) is 5.02 Å². The van der Waals surface area contributed by atoms with Gasteiger partial charge in [-0.25, -0.2) is 4.39 Å². The Morgan fingerprint density at radius 1 is 1.56 bits per heavy atom. The van der Waals surface area contributed by atoms with Crippen LogP contribution >= 0.6 is 11.6 Å². The first kappa shape index (κ1) is 15.1. The minimum Gasteiger partial charge on any atom is -0.349 e. The average molecular weight is 292 g/mol. The van der Waals surface area contributed by atoms with Gasteiger partial charge in [0.1, 0.15) is 5.82 Å². The van der Waals surface area contributed by atoms with Crippen molar-refractivity contribution in [2.45, 2.75) is 19.4 Å². The molecule has 1 N–H and O–H groups in total. The van der Waals surface area contributed by atoms with Gasteiger partial charge in [0.15, 0.2) is 0 Å². The first-order valence-corrected chi connectivity index (χ1v) is 7.56. The topological polar surface area (TPSA) is 46.2 Å². The quantitative estimate of drug-likeness (QED) is 0.905. The Bertz CT molecular complexity index is 467. The van der Waals surface area contributed by atoms with Gasteiger partial charge in [0, 0.05) is 33.9 Å². The zero-order valence-electron chi connectivity index (χ0n) is 10.2. The highest BCUT2D eigenvalue weighted by atomic mass is 35.5. The average Bonchev–Trinajstić information content (AvgIpc) is 2.29. The lowest BCUT2D eigenvalue weighted by Gasteiger charge is -2.13. The van der Waals surface area contributed by atoms with Gasteiger partial charge in [0.25, 0.3) is 5.91 Å². The first-order valence-electron chi connectivity index (χ1n) is 5.46. The van der Waals surface area contributed by atoms with Crippen LogP contribution in [0.25, 0.3) is 0 Å². The summed E-state index contributed by atoms with van der Waals surface area (Å²) in [5, 5.41) is 2.96. The standard InChI is InChI=1S/C12H15ClFNO2S/c1-8(5-6-18(2)17)15-12(16)10-7-9(13)3-4-11(10)14/h3-4,7-8H,5-6H2,1-2H3,(H,15,16). The van der Waals surface area contributed by atoms with E-state index in [1.807, 2.05) is 0 Å². The molecule has 6 heteroatoms. The molecule has 18 heavy (non-hydrogen) atoms. The zero-order chi connectivity index (χ0) is 13.7. The summed E-state index contributed by atoms with van der Waals surface area (Å²) in [4.78, 5) is 11.8. The van der Waals surface area contributed by atoms with Crippen LogP contribution < -0.4 is 5.32 Å². The largest absolute Gasteiger partial charge is 0.349 e. The Kier molecular flexibility index (Phi) is 5.75. The summed E-state index contributed by atoms with van der Waals surface area (Å²) in [6, 6.07) is 3.66. The van der Waals surface area contributed by atoms with E-state index < -0.39 is 22.5 Å². The molecule has 0 radical (unpaired) electrons. The number of carbonyl (C=O) groups is 1. The van der Waals surface area contributed by atoms with Crippen molar-refractivity contribution in [2.24, 2.45) is 0 Å². The van der Waals surface area contributed by atoms with Gasteiger partial charge >= 0.3 is 0 Å². The van der Waals surface area contributed by atoms with Crippen LogP contribution in [0.4, 0.5) is 4.39 Å². The van der Waals surface area contributed by atoms with E-state index in [2.05, 4.69) is 5.32 Å². The van der Waals surface area contributed by atoms with E-state index in [1.54, 1.807) is 13.2 Å². The van der Waals surface area contributed by atoms with Crippen LogP contribution in [0.15, 0.2) is 18.2 Å². The van der Waals surface area contributed by atoms with Crippen molar-refractivity contribution in [3.8, 4) is 0 Å². The van der Waals surface area contributed by atoms with Crippen molar-refractivity contribution in [2.75, 3.05) is 12.0 Å². The molecule has 0 saturated carbocycles. The van der Waals surface area contributed by atoms with E-state index in [0.29, 0.717) is 17.2 Å². The normalized spacial score (nSPS) is 14.0. The van der Waals surface area contributed by atoms with Crippen LogP contribution in [-0.4, -0.2) is 28.2 Å². The number of nitrogens with one attached hydrogen (secondary N) is 1. The predicted octanol–water partition coefficient (Wildman–Crippen LogP) is 2.37.